The summed E-state index contributed by atoms with van der Waals surface area (Å²) >= 11 is 1.91. The van der Waals surface area contributed by atoms with Crippen molar-refractivity contribution >= 4 is 17.6 Å². The van der Waals surface area contributed by atoms with Crippen LogP contribution in [0.2, 0.25) is 0 Å². The van der Waals surface area contributed by atoms with Gasteiger partial charge in [0.05, 0.1) is 0 Å². The summed E-state index contributed by atoms with van der Waals surface area (Å²) in [5, 5.41) is 7.46. The Labute approximate surface area is 95.8 Å². The highest BCUT2D eigenvalue weighted by Gasteiger charge is 2.03. The Bertz CT molecular complexity index is 323. The minimum Gasteiger partial charge on any atom is -0.384 e. The number of rotatable bonds is 6. The van der Waals surface area contributed by atoms with E-state index >= 15 is 0 Å². The van der Waals surface area contributed by atoms with Crippen LogP contribution in [0.25, 0.3) is 0 Å². The second kappa shape index (κ2) is 6.51. The van der Waals surface area contributed by atoms with Crippen LogP contribution >= 0.6 is 11.8 Å². The molecule has 15 heavy (non-hydrogen) atoms. The first-order valence-electron chi connectivity index (χ1n) is 5.25. The van der Waals surface area contributed by atoms with E-state index in [-0.39, 0.29) is 5.84 Å². The molecule has 0 amide bonds. The summed E-state index contributed by atoms with van der Waals surface area (Å²) in [6, 6.07) is 7.90. The molecule has 0 saturated carbocycles. The Kier molecular flexibility index (Phi) is 5.26. The van der Waals surface area contributed by atoms with Gasteiger partial charge in [0.2, 0.25) is 0 Å². The van der Waals surface area contributed by atoms with Crippen LogP contribution in [0, 0.1) is 5.41 Å². The number of hydrogen-bond acceptors (Lipinski definition) is 2. The molecular formula is C12H18N2S. The minimum atomic E-state index is 0.168. The lowest BCUT2D eigenvalue weighted by Gasteiger charge is -2.07. The predicted octanol–water partition coefficient (Wildman–Crippen LogP) is 3.00. The van der Waals surface area contributed by atoms with Crippen molar-refractivity contribution in [1.82, 2.24) is 0 Å². The molecule has 0 unspecified atom stereocenters. The van der Waals surface area contributed by atoms with Crippen molar-refractivity contribution in [3.63, 3.8) is 0 Å². The lowest BCUT2D eigenvalue weighted by atomic mass is 10.1. The standard InChI is InChI=1S/C12H18N2S/c1-2-3-8-15-9-10-6-4-5-7-11(10)12(13)14/h4-7H,2-3,8-9H2,1H3,(H3,13,14). The predicted molar refractivity (Wildman–Crippen MR) is 68.5 cm³/mol. The van der Waals surface area contributed by atoms with Gasteiger partial charge < -0.3 is 5.73 Å². The smallest absolute Gasteiger partial charge is 0.123 e. The van der Waals surface area contributed by atoms with Crippen LogP contribution in [0.1, 0.15) is 30.9 Å². The fourth-order valence-corrected chi connectivity index (χ4v) is 2.45. The summed E-state index contributed by atoms with van der Waals surface area (Å²) in [7, 11) is 0. The summed E-state index contributed by atoms with van der Waals surface area (Å²) in [5.74, 6) is 2.31. The number of nitrogen functional groups attached to an aromatic ring is 1. The Morgan fingerprint density at radius 3 is 2.80 bits per heavy atom. The Morgan fingerprint density at radius 2 is 2.13 bits per heavy atom. The first-order valence-corrected chi connectivity index (χ1v) is 6.41. The minimum absolute atomic E-state index is 0.168. The van der Waals surface area contributed by atoms with Crippen LogP contribution in [0.4, 0.5) is 0 Å². The molecule has 0 aliphatic heterocycles. The topological polar surface area (TPSA) is 49.9 Å². The number of amidine groups is 1. The maximum absolute atomic E-state index is 7.46. The Morgan fingerprint density at radius 1 is 1.40 bits per heavy atom. The van der Waals surface area contributed by atoms with Crippen molar-refractivity contribution in [1.29, 1.82) is 5.41 Å². The Balaban J connectivity index is 2.56. The third kappa shape index (κ3) is 3.96. The van der Waals surface area contributed by atoms with Gasteiger partial charge in [-0.15, -0.1) is 0 Å². The summed E-state index contributed by atoms with van der Waals surface area (Å²) in [4.78, 5) is 0. The van der Waals surface area contributed by atoms with Crippen LogP contribution in [0.15, 0.2) is 24.3 Å². The highest BCUT2D eigenvalue weighted by atomic mass is 32.2. The zero-order valence-electron chi connectivity index (χ0n) is 9.12. The van der Waals surface area contributed by atoms with E-state index in [2.05, 4.69) is 13.0 Å². The zero-order valence-corrected chi connectivity index (χ0v) is 9.94. The summed E-state index contributed by atoms with van der Waals surface area (Å²) in [5.41, 5.74) is 7.57. The van der Waals surface area contributed by atoms with Crippen molar-refractivity contribution < 1.29 is 0 Å². The molecule has 0 aliphatic carbocycles. The van der Waals surface area contributed by atoms with Gasteiger partial charge in [-0.1, -0.05) is 37.6 Å². The van der Waals surface area contributed by atoms with E-state index in [0.29, 0.717) is 0 Å². The van der Waals surface area contributed by atoms with Crippen molar-refractivity contribution in [2.45, 2.75) is 25.5 Å². The first-order chi connectivity index (χ1) is 7.25. The maximum atomic E-state index is 7.46. The molecule has 1 aromatic rings. The largest absolute Gasteiger partial charge is 0.384 e. The molecule has 1 rings (SSSR count). The molecule has 82 valence electrons. The van der Waals surface area contributed by atoms with Crippen LogP contribution < -0.4 is 5.73 Å². The lowest BCUT2D eigenvalue weighted by molar-refractivity contribution is 0.896. The van der Waals surface area contributed by atoms with E-state index in [1.165, 1.54) is 24.2 Å². The molecule has 3 heteroatoms. The number of benzene rings is 1. The van der Waals surface area contributed by atoms with E-state index in [4.69, 9.17) is 11.1 Å². The molecule has 0 spiro atoms. The van der Waals surface area contributed by atoms with Gasteiger partial charge in [0.15, 0.2) is 0 Å². The van der Waals surface area contributed by atoms with E-state index in [9.17, 15) is 0 Å². The SMILES string of the molecule is CCCCSCc1ccccc1C(=N)N. The quantitative estimate of drug-likeness (QED) is 0.441. The number of unbranched alkanes of at least 4 members (excludes halogenated alkanes) is 1. The normalized spacial score (nSPS) is 10.2. The van der Waals surface area contributed by atoms with E-state index in [1.54, 1.807) is 0 Å². The van der Waals surface area contributed by atoms with Crippen LogP contribution in [-0.4, -0.2) is 11.6 Å². The van der Waals surface area contributed by atoms with E-state index in [1.807, 2.05) is 30.0 Å². The van der Waals surface area contributed by atoms with Crippen molar-refractivity contribution in [2.75, 3.05) is 5.75 Å². The zero-order chi connectivity index (χ0) is 11.1. The molecule has 0 radical (unpaired) electrons. The average Bonchev–Trinajstić information content (AvgIpc) is 2.25. The number of nitrogens with one attached hydrogen (secondary N) is 1. The lowest BCUT2D eigenvalue weighted by Crippen LogP contribution is -2.13. The van der Waals surface area contributed by atoms with Gasteiger partial charge in [0.25, 0.3) is 0 Å². The number of nitrogens with two attached hydrogens (primary N) is 1. The molecule has 1 aromatic carbocycles. The molecule has 0 bridgehead atoms. The molecular weight excluding hydrogens is 204 g/mol. The number of hydrogen-bond donors (Lipinski definition) is 2. The van der Waals surface area contributed by atoms with Gasteiger partial charge in [-0.05, 0) is 17.7 Å². The van der Waals surface area contributed by atoms with Gasteiger partial charge >= 0.3 is 0 Å². The van der Waals surface area contributed by atoms with Gasteiger partial charge in [0.1, 0.15) is 5.84 Å². The molecule has 2 nitrogen and oxygen atoms in total. The molecule has 0 fully saturated rings. The maximum Gasteiger partial charge on any atom is 0.123 e. The van der Waals surface area contributed by atoms with Crippen LogP contribution in [-0.2, 0) is 5.75 Å². The second-order valence-corrected chi connectivity index (χ2v) is 4.58. The van der Waals surface area contributed by atoms with Gasteiger partial charge in [-0.25, -0.2) is 0 Å². The van der Waals surface area contributed by atoms with Crippen molar-refractivity contribution in [3.05, 3.63) is 35.4 Å². The first kappa shape index (κ1) is 12.1. The highest BCUT2D eigenvalue weighted by Crippen LogP contribution is 2.17. The van der Waals surface area contributed by atoms with Crippen LogP contribution in [0.5, 0.6) is 0 Å². The molecule has 0 atom stereocenters. The van der Waals surface area contributed by atoms with E-state index in [0.717, 1.165) is 11.3 Å². The fraction of sp³-hybridized carbons (Fsp3) is 0.417. The highest BCUT2D eigenvalue weighted by molar-refractivity contribution is 7.98. The summed E-state index contributed by atoms with van der Waals surface area (Å²) < 4.78 is 0. The van der Waals surface area contributed by atoms with Gasteiger partial charge in [-0.3, -0.25) is 5.41 Å². The van der Waals surface area contributed by atoms with Gasteiger partial charge in [0, 0.05) is 11.3 Å². The second-order valence-electron chi connectivity index (χ2n) is 3.48. The third-order valence-corrected chi connectivity index (χ3v) is 3.30. The van der Waals surface area contributed by atoms with Gasteiger partial charge in [-0.2, -0.15) is 11.8 Å². The fourth-order valence-electron chi connectivity index (χ4n) is 1.34. The molecule has 3 N–H and O–H groups in total. The Hall–Kier alpha value is -0.960. The van der Waals surface area contributed by atoms with Crippen molar-refractivity contribution in [3.8, 4) is 0 Å². The summed E-state index contributed by atoms with van der Waals surface area (Å²) in [6.45, 7) is 2.20. The monoisotopic (exact) mass is 222 g/mol. The molecule has 0 aliphatic rings. The molecule has 0 saturated heterocycles. The summed E-state index contributed by atoms with van der Waals surface area (Å²) in [6.07, 6.45) is 2.49. The van der Waals surface area contributed by atoms with Crippen LogP contribution in [0.3, 0.4) is 0 Å². The third-order valence-electron chi connectivity index (χ3n) is 2.21. The average molecular weight is 222 g/mol. The van der Waals surface area contributed by atoms with Crippen molar-refractivity contribution in [2.24, 2.45) is 5.73 Å². The number of thioether (sulfide) groups is 1. The molecule has 0 aromatic heterocycles. The molecule has 0 heterocycles. The van der Waals surface area contributed by atoms with E-state index < -0.39 is 0 Å².